The van der Waals surface area contributed by atoms with Crippen molar-refractivity contribution < 1.29 is 24.2 Å². The van der Waals surface area contributed by atoms with Crippen molar-refractivity contribution in [3.8, 4) is 11.5 Å². The fourth-order valence-electron chi connectivity index (χ4n) is 4.31. The molecule has 0 spiro atoms. The second-order valence-corrected chi connectivity index (χ2v) is 8.12. The zero-order valence-corrected chi connectivity index (χ0v) is 20.2. The molecule has 3 aromatic carbocycles. The number of aryl methyl sites for hydroxylation is 1. The van der Waals surface area contributed by atoms with E-state index >= 15 is 0 Å². The monoisotopic (exact) mass is 471 g/mol. The van der Waals surface area contributed by atoms with Gasteiger partial charge >= 0.3 is 0 Å². The summed E-state index contributed by atoms with van der Waals surface area (Å²) in [6.45, 7) is 6.61. The predicted molar refractivity (Wildman–Crippen MR) is 136 cm³/mol. The summed E-state index contributed by atoms with van der Waals surface area (Å²) >= 11 is 0. The van der Waals surface area contributed by atoms with Gasteiger partial charge in [-0.05, 0) is 55.7 Å². The molecule has 1 N–H and O–H groups in total. The number of hydrogen-bond acceptors (Lipinski definition) is 5. The lowest BCUT2D eigenvalue weighted by atomic mass is 9.94. The van der Waals surface area contributed by atoms with Crippen molar-refractivity contribution in [2.45, 2.75) is 33.2 Å². The van der Waals surface area contributed by atoms with E-state index in [4.69, 9.17) is 9.47 Å². The number of carbonyl (C=O) groups is 2. The van der Waals surface area contributed by atoms with Gasteiger partial charge in [-0.1, -0.05) is 49.4 Å². The summed E-state index contributed by atoms with van der Waals surface area (Å²) in [5.41, 5.74) is 2.80. The van der Waals surface area contributed by atoms with E-state index in [1.165, 1.54) is 4.90 Å². The van der Waals surface area contributed by atoms with Crippen LogP contribution in [0.5, 0.6) is 11.5 Å². The minimum atomic E-state index is -0.788. The number of ketones is 1. The SMILES string of the molecule is CCOc1ccc(/C(O)=C2/C(=O)C(=O)N(c3ccccc3)C2c2ccc(CC)cc2)c(OCC)c1. The lowest BCUT2D eigenvalue weighted by molar-refractivity contribution is -0.132. The van der Waals surface area contributed by atoms with Crippen LogP contribution in [0.2, 0.25) is 0 Å². The summed E-state index contributed by atoms with van der Waals surface area (Å²) in [6, 6.07) is 21.0. The number of ether oxygens (including phenoxy) is 2. The molecule has 1 saturated heterocycles. The Labute approximate surface area is 205 Å². The highest BCUT2D eigenvalue weighted by Gasteiger charge is 2.47. The van der Waals surface area contributed by atoms with E-state index in [9.17, 15) is 14.7 Å². The summed E-state index contributed by atoms with van der Waals surface area (Å²) < 4.78 is 11.3. The Balaban J connectivity index is 1.92. The van der Waals surface area contributed by atoms with Gasteiger partial charge in [0.15, 0.2) is 0 Å². The third-order valence-corrected chi connectivity index (χ3v) is 6.00. The second-order valence-electron chi connectivity index (χ2n) is 8.12. The maximum Gasteiger partial charge on any atom is 0.300 e. The highest BCUT2D eigenvalue weighted by molar-refractivity contribution is 6.51. The summed E-state index contributed by atoms with van der Waals surface area (Å²) in [5, 5.41) is 11.5. The van der Waals surface area contributed by atoms with Crippen molar-refractivity contribution in [2.24, 2.45) is 0 Å². The molecule has 1 aliphatic heterocycles. The Morgan fingerprint density at radius 1 is 0.886 bits per heavy atom. The number of amides is 1. The zero-order valence-electron chi connectivity index (χ0n) is 20.2. The van der Waals surface area contributed by atoms with Crippen LogP contribution in [0, 0.1) is 0 Å². The first-order chi connectivity index (χ1) is 17.0. The Morgan fingerprint density at radius 2 is 1.57 bits per heavy atom. The third-order valence-electron chi connectivity index (χ3n) is 6.00. The molecule has 0 saturated carbocycles. The molecule has 4 rings (SSSR count). The first kappa shape index (κ1) is 24.1. The van der Waals surface area contributed by atoms with Crippen molar-refractivity contribution in [2.75, 3.05) is 18.1 Å². The van der Waals surface area contributed by atoms with E-state index in [1.807, 2.05) is 56.3 Å². The van der Waals surface area contributed by atoms with Gasteiger partial charge in [0.05, 0.1) is 30.4 Å². The molecular weight excluding hydrogens is 442 g/mol. The quantitative estimate of drug-likeness (QED) is 0.260. The first-order valence-corrected chi connectivity index (χ1v) is 11.8. The van der Waals surface area contributed by atoms with Gasteiger partial charge < -0.3 is 14.6 Å². The smallest absolute Gasteiger partial charge is 0.300 e. The molecule has 180 valence electrons. The third kappa shape index (κ3) is 4.64. The van der Waals surface area contributed by atoms with Crippen molar-refractivity contribution >= 4 is 23.1 Å². The lowest BCUT2D eigenvalue weighted by Crippen LogP contribution is -2.29. The van der Waals surface area contributed by atoms with Crippen molar-refractivity contribution in [1.82, 2.24) is 0 Å². The number of carbonyl (C=O) groups excluding carboxylic acids is 2. The predicted octanol–water partition coefficient (Wildman–Crippen LogP) is 5.67. The number of hydrogen-bond donors (Lipinski definition) is 1. The van der Waals surface area contributed by atoms with Crippen molar-refractivity contribution in [3.05, 3.63) is 95.1 Å². The van der Waals surface area contributed by atoms with Crippen LogP contribution in [-0.2, 0) is 16.0 Å². The molecule has 6 nitrogen and oxygen atoms in total. The molecule has 3 aromatic rings. The van der Waals surface area contributed by atoms with Crippen LogP contribution in [0.25, 0.3) is 5.76 Å². The molecule has 1 unspecified atom stereocenters. The number of para-hydroxylation sites is 1. The van der Waals surface area contributed by atoms with Crippen molar-refractivity contribution in [3.63, 3.8) is 0 Å². The van der Waals surface area contributed by atoms with Gasteiger partial charge in [-0.15, -0.1) is 0 Å². The number of Topliss-reactive ketones (excluding diaryl/α,β-unsaturated/α-hetero) is 1. The molecular formula is C29H29NO5. The average molecular weight is 472 g/mol. The number of benzene rings is 3. The van der Waals surface area contributed by atoms with Gasteiger partial charge in [-0.3, -0.25) is 14.5 Å². The summed E-state index contributed by atoms with van der Waals surface area (Å²) in [4.78, 5) is 28.1. The molecule has 1 fully saturated rings. The van der Waals surface area contributed by atoms with Gasteiger partial charge in [-0.25, -0.2) is 0 Å². The molecule has 35 heavy (non-hydrogen) atoms. The first-order valence-electron chi connectivity index (χ1n) is 11.8. The minimum absolute atomic E-state index is 0.0215. The molecule has 0 aromatic heterocycles. The molecule has 6 heteroatoms. The van der Waals surface area contributed by atoms with Gasteiger partial charge in [0, 0.05) is 11.8 Å². The van der Waals surface area contributed by atoms with E-state index in [1.54, 1.807) is 30.3 Å². The molecule has 1 heterocycles. The average Bonchev–Trinajstić information content (AvgIpc) is 3.15. The van der Waals surface area contributed by atoms with Crippen LogP contribution in [0.1, 0.15) is 43.5 Å². The second kappa shape index (κ2) is 10.5. The normalized spacial score (nSPS) is 17.0. The largest absolute Gasteiger partial charge is 0.507 e. The van der Waals surface area contributed by atoms with E-state index in [2.05, 4.69) is 6.92 Å². The number of aliphatic hydroxyl groups is 1. The van der Waals surface area contributed by atoms with E-state index in [-0.39, 0.29) is 11.3 Å². The number of anilines is 1. The Bertz CT molecular complexity index is 1250. The van der Waals surface area contributed by atoms with E-state index in [0.717, 1.165) is 17.5 Å². The molecule has 0 radical (unpaired) electrons. The van der Waals surface area contributed by atoms with Gasteiger partial charge in [0.1, 0.15) is 17.3 Å². The number of nitrogens with zero attached hydrogens (tertiary/aromatic N) is 1. The van der Waals surface area contributed by atoms with Gasteiger partial charge in [-0.2, -0.15) is 0 Å². The van der Waals surface area contributed by atoms with Gasteiger partial charge in [0.2, 0.25) is 0 Å². The fourth-order valence-corrected chi connectivity index (χ4v) is 4.31. The van der Waals surface area contributed by atoms with E-state index < -0.39 is 17.7 Å². The maximum atomic E-state index is 13.4. The Kier molecular flexibility index (Phi) is 7.20. The Morgan fingerprint density at radius 3 is 2.20 bits per heavy atom. The van der Waals surface area contributed by atoms with Crippen LogP contribution in [0.15, 0.2) is 78.4 Å². The zero-order chi connectivity index (χ0) is 24.9. The summed E-state index contributed by atoms with van der Waals surface area (Å²) in [7, 11) is 0. The highest BCUT2D eigenvalue weighted by atomic mass is 16.5. The van der Waals surface area contributed by atoms with Crippen LogP contribution in [-0.4, -0.2) is 30.0 Å². The molecule has 1 atom stereocenters. The van der Waals surface area contributed by atoms with Crippen LogP contribution >= 0.6 is 0 Å². The fraction of sp³-hybridized carbons (Fsp3) is 0.241. The van der Waals surface area contributed by atoms with Gasteiger partial charge in [0.25, 0.3) is 11.7 Å². The summed E-state index contributed by atoms with van der Waals surface area (Å²) in [5.74, 6) is -0.748. The molecule has 0 aliphatic carbocycles. The Hall–Kier alpha value is -4.06. The molecule has 0 bridgehead atoms. The number of rotatable bonds is 8. The maximum absolute atomic E-state index is 13.4. The topological polar surface area (TPSA) is 76.1 Å². The summed E-state index contributed by atoms with van der Waals surface area (Å²) in [6.07, 6.45) is 0.864. The van der Waals surface area contributed by atoms with Crippen LogP contribution in [0.4, 0.5) is 5.69 Å². The molecule has 1 amide bonds. The molecule has 1 aliphatic rings. The lowest BCUT2D eigenvalue weighted by Gasteiger charge is -2.25. The standard InChI is InChI=1S/C29H29NO5/c1-4-19-12-14-20(15-13-19)26-25(28(32)29(33)30(26)21-10-8-7-9-11-21)27(31)23-17-16-22(34-5-2)18-24(23)35-6-3/h7-18,26,31H,4-6H2,1-3H3/b27-25-. The number of aliphatic hydroxyl groups excluding tert-OH is 1. The van der Waals surface area contributed by atoms with Crippen molar-refractivity contribution in [1.29, 1.82) is 0 Å². The minimum Gasteiger partial charge on any atom is -0.507 e. The van der Waals surface area contributed by atoms with Crippen LogP contribution in [0.3, 0.4) is 0 Å². The van der Waals surface area contributed by atoms with E-state index in [0.29, 0.717) is 36.0 Å². The highest BCUT2D eigenvalue weighted by Crippen LogP contribution is 2.43. The van der Waals surface area contributed by atoms with Crippen LogP contribution < -0.4 is 14.4 Å².